The predicted octanol–water partition coefficient (Wildman–Crippen LogP) is 2.86. The van der Waals surface area contributed by atoms with Crippen LogP contribution >= 0.6 is 0 Å². The summed E-state index contributed by atoms with van der Waals surface area (Å²) in [6.45, 7) is 3.10. The number of carbonyl (C=O) groups excluding carboxylic acids is 1. The lowest BCUT2D eigenvalue weighted by molar-refractivity contribution is -0.120. The zero-order valence-corrected chi connectivity index (χ0v) is 20.6. The quantitative estimate of drug-likeness (QED) is 0.477. The second kappa shape index (κ2) is 9.99. The third-order valence-electron chi connectivity index (χ3n) is 6.60. The Kier molecular flexibility index (Phi) is 6.77. The van der Waals surface area contributed by atoms with Crippen LogP contribution in [0.4, 0.5) is 4.39 Å². The lowest BCUT2D eigenvalue weighted by atomic mass is 9.83. The predicted molar refractivity (Wildman–Crippen MR) is 135 cm³/mol. The van der Waals surface area contributed by atoms with Gasteiger partial charge in [-0.05, 0) is 23.8 Å². The first-order valence-corrected chi connectivity index (χ1v) is 13.7. The summed E-state index contributed by atoms with van der Waals surface area (Å²) in [5, 5.41) is 2.87. The van der Waals surface area contributed by atoms with Crippen molar-refractivity contribution < 1.29 is 22.3 Å². The maximum absolute atomic E-state index is 14.8. The zero-order valence-electron chi connectivity index (χ0n) is 19.8. The van der Waals surface area contributed by atoms with Gasteiger partial charge in [0, 0.05) is 60.7 Å². The van der Waals surface area contributed by atoms with E-state index >= 15 is 0 Å². The van der Waals surface area contributed by atoms with Crippen LogP contribution in [0.3, 0.4) is 0 Å². The van der Waals surface area contributed by atoms with Crippen molar-refractivity contribution in [2.24, 2.45) is 5.41 Å². The fourth-order valence-electron chi connectivity index (χ4n) is 4.96. The molecule has 9 heteroatoms. The van der Waals surface area contributed by atoms with Gasteiger partial charge in [-0.25, -0.2) is 12.8 Å². The molecule has 1 amide bonds. The smallest absolute Gasteiger partial charge is 0.226 e. The first kappa shape index (κ1) is 24.4. The summed E-state index contributed by atoms with van der Waals surface area (Å²) in [7, 11) is -2.81. The number of amides is 1. The lowest BCUT2D eigenvalue weighted by Crippen LogP contribution is -2.68. The molecule has 0 unspecified atom stereocenters. The maximum atomic E-state index is 14.8. The molecule has 1 spiro atoms. The number of hydrogen-bond acceptors (Lipinski definition) is 6. The summed E-state index contributed by atoms with van der Waals surface area (Å²) in [6.07, 6.45) is 1.72. The zero-order chi connectivity index (χ0) is 25.2. The third-order valence-corrected chi connectivity index (χ3v) is 8.70. The van der Waals surface area contributed by atoms with Gasteiger partial charge in [0.15, 0.2) is 9.84 Å². The fourth-order valence-corrected chi connectivity index (χ4v) is 7.10. The highest BCUT2D eigenvalue weighted by atomic mass is 32.2. The molecular weight excluding hydrogens is 481 g/mol. The number of hydrogen-bond donors (Lipinski definition) is 1. The van der Waals surface area contributed by atoms with E-state index < -0.39 is 15.7 Å². The van der Waals surface area contributed by atoms with Crippen LogP contribution in [0.15, 0.2) is 66.9 Å². The van der Waals surface area contributed by atoms with Crippen molar-refractivity contribution in [1.82, 2.24) is 15.2 Å². The summed E-state index contributed by atoms with van der Waals surface area (Å²) in [5.41, 5.74) is 2.62. The van der Waals surface area contributed by atoms with Gasteiger partial charge < -0.3 is 10.1 Å². The molecule has 5 rings (SSSR count). The van der Waals surface area contributed by atoms with Crippen LogP contribution < -0.4 is 10.1 Å². The van der Waals surface area contributed by atoms with E-state index in [0.717, 1.165) is 18.7 Å². The van der Waals surface area contributed by atoms with E-state index in [9.17, 15) is 17.6 Å². The highest BCUT2D eigenvalue weighted by molar-refractivity contribution is 7.92. The Morgan fingerprint density at radius 3 is 2.53 bits per heavy atom. The van der Waals surface area contributed by atoms with Crippen molar-refractivity contribution in [3.63, 3.8) is 0 Å². The van der Waals surface area contributed by atoms with Gasteiger partial charge in [-0.1, -0.05) is 36.4 Å². The normalized spacial score (nSPS) is 17.7. The molecule has 2 aliphatic rings. The summed E-state index contributed by atoms with van der Waals surface area (Å²) in [4.78, 5) is 18.7. The number of halogens is 1. The molecule has 0 saturated carbocycles. The monoisotopic (exact) mass is 509 g/mol. The first-order valence-electron chi connectivity index (χ1n) is 11.9. The second-order valence-corrected chi connectivity index (χ2v) is 11.8. The number of nitrogens with zero attached hydrogens (tertiary/aromatic N) is 2. The van der Waals surface area contributed by atoms with Crippen LogP contribution in [0.2, 0.25) is 0 Å². The Bertz CT molecular complexity index is 1330. The van der Waals surface area contributed by atoms with Gasteiger partial charge in [-0.2, -0.15) is 0 Å². The summed E-state index contributed by atoms with van der Waals surface area (Å²) in [5.74, 6) is 0.489. The number of ether oxygens (including phenoxy) is 1. The SMILES string of the molecule is O=C(Cc1ccc(-c2ccc(OCCN3CC4(C3)CS(=O)(=O)C4)cc2F)cn1)NCc1ccccc1. The van der Waals surface area contributed by atoms with Gasteiger partial charge in [0.25, 0.3) is 0 Å². The van der Waals surface area contributed by atoms with Gasteiger partial charge in [-0.3, -0.25) is 14.7 Å². The molecule has 0 radical (unpaired) electrons. The Balaban J connectivity index is 1.08. The molecular formula is C27H28FN3O4S. The Morgan fingerprint density at radius 1 is 1.08 bits per heavy atom. The van der Waals surface area contributed by atoms with Crippen molar-refractivity contribution in [3.8, 4) is 16.9 Å². The molecule has 1 aromatic heterocycles. The van der Waals surface area contributed by atoms with E-state index in [2.05, 4.69) is 15.2 Å². The Labute approximate surface area is 210 Å². The summed E-state index contributed by atoms with van der Waals surface area (Å²) < 4.78 is 43.2. The molecule has 188 valence electrons. The van der Waals surface area contributed by atoms with Crippen LogP contribution in [-0.2, 0) is 27.6 Å². The standard InChI is InChI=1S/C27H28FN3O4S/c28-25-13-23(35-11-10-31-16-27(17-31)18-36(33,34)19-27)8-9-24(25)21-6-7-22(29-15-21)12-26(32)30-14-20-4-2-1-3-5-20/h1-9,13,15H,10-12,14,16-19H2,(H,30,32). The van der Waals surface area contributed by atoms with Gasteiger partial charge in [0.2, 0.25) is 5.91 Å². The third kappa shape index (κ3) is 5.74. The molecule has 7 nitrogen and oxygen atoms in total. The molecule has 2 fully saturated rings. The fraction of sp³-hybridized carbons (Fsp3) is 0.333. The molecule has 1 N–H and O–H groups in total. The molecule has 2 saturated heterocycles. The number of rotatable bonds is 9. The van der Waals surface area contributed by atoms with Crippen LogP contribution in [0.1, 0.15) is 11.3 Å². The average molecular weight is 510 g/mol. The molecule has 3 heterocycles. The van der Waals surface area contributed by atoms with Crippen LogP contribution in [0, 0.1) is 11.2 Å². The molecule has 2 aromatic carbocycles. The van der Waals surface area contributed by atoms with E-state index in [1.807, 2.05) is 30.3 Å². The van der Waals surface area contributed by atoms with Crippen LogP contribution in [0.5, 0.6) is 5.75 Å². The minimum atomic E-state index is -2.81. The molecule has 2 aliphatic heterocycles. The van der Waals surface area contributed by atoms with E-state index in [1.54, 1.807) is 30.5 Å². The van der Waals surface area contributed by atoms with Gasteiger partial charge in [0.05, 0.1) is 17.9 Å². The summed E-state index contributed by atoms with van der Waals surface area (Å²) in [6, 6.07) is 17.9. The number of pyridine rings is 1. The van der Waals surface area contributed by atoms with Crippen molar-refractivity contribution in [3.05, 3.63) is 83.9 Å². The topological polar surface area (TPSA) is 88.6 Å². The second-order valence-electron chi connectivity index (χ2n) is 9.71. The largest absolute Gasteiger partial charge is 0.492 e. The van der Waals surface area contributed by atoms with Crippen molar-refractivity contribution in [1.29, 1.82) is 0 Å². The molecule has 3 aromatic rings. The van der Waals surface area contributed by atoms with E-state index in [0.29, 0.717) is 53.8 Å². The maximum Gasteiger partial charge on any atom is 0.226 e. The number of carbonyl (C=O) groups is 1. The number of likely N-dealkylation sites (tertiary alicyclic amines) is 1. The number of benzene rings is 2. The first-order chi connectivity index (χ1) is 17.3. The molecule has 36 heavy (non-hydrogen) atoms. The average Bonchev–Trinajstić information content (AvgIpc) is 2.82. The van der Waals surface area contributed by atoms with Gasteiger partial charge in [-0.15, -0.1) is 0 Å². The Hall–Kier alpha value is -3.30. The minimum Gasteiger partial charge on any atom is -0.492 e. The number of aromatic nitrogens is 1. The van der Waals surface area contributed by atoms with Crippen LogP contribution in [-0.4, -0.2) is 62.0 Å². The minimum absolute atomic E-state index is 0.0395. The van der Waals surface area contributed by atoms with Gasteiger partial charge >= 0.3 is 0 Å². The Morgan fingerprint density at radius 2 is 1.86 bits per heavy atom. The number of sulfone groups is 1. The van der Waals surface area contributed by atoms with E-state index in [-0.39, 0.29) is 17.7 Å². The highest BCUT2D eigenvalue weighted by Crippen LogP contribution is 2.41. The van der Waals surface area contributed by atoms with Crippen molar-refractivity contribution >= 4 is 15.7 Å². The number of nitrogens with one attached hydrogen (secondary N) is 1. The molecule has 0 atom stereocenters. The lowest BCUT2D eigenvalue weighted by Gasteiger charge is -2.54. The van der Waals surface area contributed by atoms with Crippen LogP contribution in [0.25, 0.3) is 11.1 Å². The van der Waals surface area contributed by atoms with E-state index in [4.69, 9.17) is 4.74 Å². The van der Waals surface area contributed by atoms with E-state index in [1.165, 1.54) is 6.07 Å². The highest BCUT2D eigenvalue weighted by Gasteiger charge is 2.55. The summed E-state index contributed by atoms with van der Waals surface area (Å²) >= 11 is 0. The van der Waals surface area contributed by atoms with Gasteiger partial charge in [0.1, 0.15) is 18.2 Å². The molecule has 0 bridgehead atoms. The molecule has 0 aliphatic carbocycles. The van der Waals surface area contributed by atoms with Crippen molar-refractivity contribution in [2.75, 3.05) is 37.7 Å². The van der Waals surface area contributed by atoms with Crippen molar-refractivity contribution in [2.45, 2.75) is 13.0 Å².